The zero-order valence-corrected chi connectivity index (χ0v) is 21.5. The van der Waals surface area contributed by atoms with E-state index in [1.165, 1.54) is 16.8 Å². The van der Waals surface area contributed by atoms with E-state index < -0.39 is 0 Å². The first-order valence-corrected chi connectivity index (χ1v) is 12.1. The molecule has 3 aliphatic rings. The first-order valence-electron chi connectivity index (χ1n) is 12.1. The molecular weight excluding hydrogens is 418 g/mol. The summed E-state index contributed by atoms with van der Waals surface area (Å²) in [6, 6.07) is 8.67. The summed E-state index contributed by atoms with van der Waals surface area (Å²) in [4.78, 5) is 2.59. The minimum absolute atomic E-state index is 0.0956. The molecule has 0 amide bonds. The average molecular weight is 454 g/mol. The number of allylic oxidation sites excluding steroid dienone is 6. The van der Waals surface area contributed by atoms with Crippen LogP contribution in [0, 0.1) is 33.5 Å². The Morgan fingerprint density at radius 1 is 1.06 bits per heavy atom. The Labute approximate surface area is 204 Å². The van der Waals surface area contributed by atoms with Gasteiger partial charge in [-0.2, -0.15) is 10.5 Å². The van der Waals surface area contributed by atoms with E-state index in [0.717, 1.165) is 37.3 Å². The lowest BCUT2D eigenvalue weighted by molar-refractivity contribution is 0.223. The molecule has 0 unspecified atom stereocenters. The Morgan fingerprint density at radius 3 is 2.41 bits per heavy atom. The molecule has 0 radical (unpaired) electrons. The van der Waals surface area contributed by atoms with Crippen LogP contribution in [0.2, 0.25) is 0 Å². The lowest BCUT2D eigenvalue weighted by Gasteiger charge is -2.48. The first kappa shape index (κ1) is 23.9. The molecule has 4 rings (SSSR count). The van der Waals surface area contributed by atoms with Gasteiger partial charge in [0.25, 0.3) is 0 Å². The predicted molar refractivity (Wildman–Crippen MR) is 138 cm³/mol. The fourth-order valence-corrected chi connectivity index (χ4v) is 5.20. The molecule has 0 aromatic heterocycles. The van der Waals surface area contributed by atoms with Gasteiger partial charge in [-0.15, -0.1) is 0 Å². The number of hydrogen-bond acceptors (Lipinski definition) is 4. The van der Waals surface area contributed by atoms with E-state index in [4.69, 9.17) is 4.74 Å². The van der Waals surface area contributed by atoms with Crippen LogP contribution in [0.25, 0.3) is 6.08 Å². The summed E-state index contributed by atoms with van der Waals surface area (Å²) in [5.41, 5.74) is 6.28. The van der Waals surface area contributed by atoms with Crippen molar-refractivity contribution in [3.63, 3.8) is 0 Å². The second kappa shape index (κ2) is 8.21. The Balaban J connectivity index is 1.76. The fourth-order valence-electron chi connectivity index (χ4n) is 5.20. The van der Waals surface area contributed by atoms with Crippen LogP contribution in [-0.4, -0.2) is 13.1 Å². The highest BCUT2D eigenvalue weighted by Gasteiger charge is 2.39. The molecule has 0 atom stereocenters. The topological polar surface area (TPSA) is 60.1 Å². The van der Waals surface area contributed by atoms with Crippen molar-refractivity contribution in [2.75, 3.05) is 18.0 Å². The number of hydrogen-bond donors (Lipinski definition) is 0. The molecule has 34 heavy (non-hydrogen) atoms. The summed E-state index contributed by atoms with van der Waals surface area (Å²) < 4.78 is 6.19. The van der Waals surface area contributed by atoms with Gasteiger partial charge in [-0.05, 0) is 70.7 Å². The Kier molecular flexibility index (Phi) is 5.77. The summed E-state index contributed by atoms with van der Waals surface area (Å²) in [6.07, 6.45) is 9.87. The maximum atomic E-state index is 9.40. The molecule has 0 saturated carbocycles. The molecule has 3 aliphatic heterocycles. The van der Waals surface area contributed by atoms with Gasteiger partial charge in [0.05, 0.1) is 0 Å². The third kappa shape index (κ3) is 4.55. The second-order valence-corrected chi connectivity index (χ2v) is 12.3. The number of benzene rings is 1. The van der Waals surface area contributed by atoms with Crippen LogP contribution in [0.1, 0.15) is 71.6 Å². The Morgan fingerprint density at radius 2 is 1.76 bits per heavy atom. The number of rotatable bonds is 2. The van der Waals surface area contributed by atoms with Crippen molar-refractivity contribution in [1.82, 2.24) is 0 Å². The molecule has 0 spiro atoms. The van der Waals surface area contributed by atoms with Gasteiger partial charge in [-0.25, -0.2) is 0 Å². The maximum Gasteiger partial charge on any atom is 0.137 e. The van der Waals surface area contributed by atoms with Gasteiger partial charge < -0.3 is 9.64 Å². The molecule has 3 heterocycles. The van der Waals surface area contributed by atoms with Gasteiger partial charge in [-0.3, -0.25) is 0 Å². The summed E-state index contributed by atoms with van der Waals surface area (Å²) in [5.74, 6) is 1.38. The minimum Gasteiger partial charge on any atom is -0.461 e. The molecule has 0 aliphatic carbocycles. The lowest BCUT2D eigenvalue weighted by atomic mass is 9.71. The van der Waals surface area contributed by atoms with E-state index >= 15 is 0 Å². The molecule has 0 saturated heterocycles. The number of anilines is 1. The van der Waals surface area contributed by atoms with Gasteiger partial charge >= 0.3 is 0 Å². The number of nitriles is 2. The zero-order valence-electron chi connectivity index (χ0n) is 21.5. The van der Waals surface area contributed by atoms with Crippen LogP contribution in [0.15, 0.2) is 53.0 Å². The van der Waals surface area contributed by atoms with Crippen molar-refractivity contribution in [3.8, 4) is 12.1 Å². The highest BCUT2D eigenvalue weighted by atomic mass is 16.5. The predicted octanol–water partition coefficient (Wildman–Crippen LogP) is 6.96. The molecule has 4 nitrogen and oxygen atoms in total. The lowest BCUT2D eigenvalue weighted by Crippen LogP contribution is -2.46. The highest BCUT2D eigenvalue weighted by Crippen LogP contribution is 2.47. The summed E-state index contributed by atoms with van der Waals surface area (Å²) in [6.45, 7) is 17.8. The fraction of sp³-hybridized carbons (Fsp3) is 0.467. The van der Waals surface area contributed by atoms with Gasteiger partial charge in [0.2, 0.25) is 0 Å². The van der Waals surface area contributed by atoms with Crippen LogP contribution < -0.4 is 4.90 Å². The standard InChI is InChI=1S/C30H35N3O/c1-28(2,3)26-15-21(23(17-31)18-32)14-24(34-26)9-8-20-12-22-16-29(4,5)19-33-11-10-30(6,7)25(13-20)27(22)33/h8-9,12-15H,10-11,16,19H2,1-7H3. The third-order valence-electron chi connectivity index (χ3n) is 7.05. The van der Waals surface area contributed by atoms with Crippen molar-refractivity contribution in [1.29, 1.82) is 10.5 Å². The molecule has 176 valence electrons. The van der Waals surface area contributed by atoms with Gasteiger partial charge in [0.1, 0.15) is 29.2 Å². The van der Waals surface area contributed by atoms with Gasteiger partial charge in [-0.1, -0.05) is 54.5 Å². The van der Waals surface area contributed by atoms with Crippen molar-refractivity contribution in [2.45, 2.75) is 66.7 Å². The molecule has 4 heteroatoms. The van der Waals surface area contributed by atoms with Crippen LogP contribution in [0.3, 0.4) is 0 Å². The average Bonchev–Trinajstić information content (AvgIpc) is 2.74. The molecule has 0 bridgehead atoms. The molecule has 0 N–H and O–H groups in total. The summed E-state index contributed by atoms with van der Waals surface area (Å²) >= 11 is 0. The Bertz CT molecular complexity index is 1220. The third-order valence-corrected chi connectivity index (χ3v) is 7.05. The minimum atomic E-state index is -0.246. The van der Waals surface area contributed by atoms with Crippen LogP contribution in [0.5, 0.6) is 0 Å². The highest BCUT2D eigenvalue weighted by molar-refractivity contribution is 5.71. The second-order valence-electron chi connectivity index (χ2n) is 12.3. The first-order chi connectivity index (χ1) is 15.8. The summed E-state index contributed by atoms with van der Waals surface area (Å²) in [7, 11) is 0. The summed E-state index contributed by atoms with van der Waals surface area (Å²) in [5, 5.41) is 18.8. The zero-order chi connectivity index (χ0) is 24.9. The van der Waals surface area contributed by atoms with Crippen molar-refractivity contribution >= 4 is 11.8 Å². The molecule has 0 fully saturated rings. The smallest absolute Gasteiger partial charge is 0.137 e. The van der Waals surface area contributed by atoms with Gasteiger partial charge in [0.15, 0.2) is 0 Å². The largest absolute Gasteiger partial charge is 0.461 e. The van der Waals surface area contributed by atoms with Gasteiger partial charge in [0, 0.05) is 29.8 Å². The van der Waals surface area contributed by atoms with Crippen molar-refractivity contribution in [3.05, 3.63) is 69.7 Å². The van der Waals surface area contributed by atoms with Crippen molar-refractivity contribution in [2.24, 2.45) is 10.8 Å². The SMILES string of the molecule is CC1(C)Cc2cc(C=CC3=CC(=C(C#N)C#N)C=C(C(C)(C)C)O3)cc3c2N(CCC3(C)C)C1. The van der Waals surface area contributed by atoms with E-state index in [2.05, 4.69) is 71.6 Å². The Hall–Kier alpha value is -3.24. The number of ether oxygens (including phenoxy) is 1. The van der Waals surface area contributed by atoms with E-state index in [1.807, 2.05) is 18.2 Å². The monoisotopic (exact) mass is 453 g/mol. The van der Waals surface area contributed by atoms with Crippen LogP contribution in [0.4, 0.5) is 5.69 Å². The number of nitrogens with zero attached hydrogens (tertiary/aromatic N) is 3. The van der Waals surface area contributed by atoms with E-state index in [-0.39, 0.29) is 21.8 Å². The molecule has 1 aromatic rings. The van der Waals surface area contributed by atoms with Crippen molar-refractivity contribution < 1.29 is 4.74 Å². The molecule has 1 aromatic carbocycles. The van der Waals surface area contributed by atoms with E-state index in [1.54, 1.807) is 12.2 Å². The molecular formula is C30H35N3O. The van der Waals surface area contributed by atoms with Crippen LogP contribution in [-0.2, 0) is 16.6 Å². The normalized spacial score (nSPS) is 20.5. The van der Waals surface area contributed by atoms with Crippen LogP contribution >= 0.6 is 0 Å². The quantitative estimate of drug-likeness (QED) is 0.454. The maximum absolute atomic E-state index is 9.40. The van der Waals surface area contributed by atoms with E-state index in [0.29, 0.717) is 11.3 Å². The van der Waals surface area contributed by atoms with E-state index in [9.17, 15) is 10.5 Å².